The predicted molar refractivity (Wildman–Crippen MR) is 115 cm³/mol. The number of para-hydroxylation sites is 2. The molecule has 0 bridgehead atoms. The second-order valence-electron chi connectivity index (χ2n) is 6.38. The maximum atomic E-state index is 13.0. The monoisotopic (exact) mass is 430 g/mol. The van der Waals surface area contributed by atoms with Gasteiger partial charge in [0.05, 0.1) is 23.7 Å². The summed E-state index contributed by atoms with van der Waals surface area (Å²) in [5.74, 6) is 0.199. The van der Waals surface area contributed by atoms with Crippen LogP contribution in [0.1, 0.15) is 28.2 Å². The molecule has 0 radical (unpaired) electrons. The first kappa shape index (κ1) is 20.9. The number of benzene rings is 2. The van der Waals surface area contributed by atoms with Crippen LogP contribution in [0.3, 0.4) is 0 Å². The number of methoxy groups -OCH3 is 1. The fourth-order valence-electron chi connectivity index (χ4n) is 2.84. The molecule has 0 saturated carbocycles. The summed E-state index contributed by atoms with van der Waals surface area (Å²) in [7, 11) is -0.844. The van der Waals surface area contributed by atoms with E-state index in [-0.39, 0.29) is 16.8 Å². The van der Waals surface area contributed by atoms with Crippen LogP contribution in [0.25, 0.3) is 0 Å². The lowest BCUT2D eigenvalue weighted by molar-refractivity contribution is 0.0940. The van der Waals surface area contributed by atoms with Crippen molar-refractivity contribution in [1.82, 2.24) is 5.32 Å². The molecular formula is C21H22N2O4S2. The van der Waals surface area contributed by atoms with E-state index in [2.05, 4.69) is 5.32 Å². The Hall–Kier alpha value is -2.84. The van der Waals surface area contributed by atoms with Gasteiger partial charge >= 0.3 is 0 Å². The Morgan fingerprint density at radius 1 is 1.07 bits per heavy atom. The molecule has 0 fully saturated rings. The van der Waals surface area contributed by atoms with Crippen molar-refractivity contribution in [2.75, 3.05) is 18.5 Å². The molecule has 0 aliphatic heterocycles. The summed E-state index contributed by atoms with van der Waals surface area (Å²) in [6.45, 7) is 1.91. The third-order valence-electron chi connectivity index (χ3n) is 4.52. The van der Waals surface area contributed by atoms with Gasteiger partial charge in [-0.3, -0.25) is 9.10 Å². The molecule has 2 aromatic carbocycles. The number of hydrogen-bond donors (Lipinski definition) is 1. The van der Waals surface area contributed by atoms with E-state index >= 15 is 0 Å². The Morgan fingerprint density at radius 2 is 1.76 bits per heavy atom. The molecule has 3 rings (SSSR count). The number of ether oxygens (including phenoxy) is 1. The largest absolute Gasteiger partial charge is 0.495 e. The van der Waals surface area contributed by atoms with E-state index in [9.17, 15) is 13.2 Å². The van der Waals surface area contributed by atoms with Gasteiger partial charge in [0.25, 0.3) is 15.9 Å². The third-order valence-corrected chi connectivity index (χ3v) is 7.36. The maximum absolute atomic E-state index is 13.0. The van der Waals surface area contributed by atoms with E-state index in [1.54, 1.807) is 35.6 Å². The summed E-state index contributed by atoms with van der Waals surface area (Å²) >= 11 is 1.57. The molecule has 1 heterocycles. The molecule has 3 aromatic rings. The van der Waals surface area contributed by atoms with E-state index < -0.39 is 10.0 Å². The van der Waals surface area contributed by atoms with Gasteiger partial charge in [0.15, 0.2) is 0 Å². The van der Waals surface area contributed by atoms with Crippen LogP contribution in [0, 0.1) is 0 Å². The molecule has 29 heavy (non-hydrogen) atoms. The number of hydrogen-bond acceptors (Lipinski definition) is 5. The summed E-state index contributed by atoms with van der Waals surface area (Å²) in [5, 5.41) is 4.87. The van der Waals surface area contributed by atoms with Gasteiger partial charge in [0.1, 0.15) is 5.75 Å². The molecule has 8 heteroatoms. The fraction of sp³-hybridized carbons (Fsp3) is 0.190. The number of anilines is 1. The highest BCUT2D eigenvalue weighted by Crippen LogP contribution is 2.31. The number of sulfonamides is 1. The van der Waals surface area contributed by atoms with Gasteiger partial charge in [-0.2, -0.15) is 0 Å². The van der Waals surface area contributed by atoms with Gasteiger partial charge < -0.3 is 10.1 Å². The first-order valence-electron chi connectivity index (χ1n) is 8.91. The van der Waals surface area contributed by atoms with Crippen LogP contribution in [0.2, 0.25) is 0 Å². The van der Waals surface area contributed by atoms with Crippen molar-refractivity contribution < 1.29 is 17.9 Å². The summed E-state index contributed by atoms with van der Waals surface area (Å²) in [6.07, 6.45) is 0. The van der Waals surface area contributed by atoms with Crippen LogP contribution in [-0.4, -0.2) is 28.5 Å². The van der Waals surface area contributed by atoms with Crippen LogP contribution in [0.15, 0.2) is 70.9 Å². The lowest BCUT2D eigenvalue weighted by Gasteiger charge is -2.21. The smallest absolute Gasteiger partial charge is 0.264 e. The Bertz CT molecular complexity index is 1080. The van der Waals surface area contributed by atoms with Crippen molar-refractivity contribution in [3.05, 3.63) is 76.5 Å². The Morgan fingerprint density at radius 3 is 2.38 bits per heavy atom. The van der Waals surface area contributed by atoms with Crippen molar-refractivity contribution in [2.45, 2.75) is 17.9 Å². The van der Waals surface area contributed by atoms with E-state index in [1.807, 2.05) is 24.4 Å². The van der Waals surface area contributed by atoms with Gasteiger partial charge in [-0.1, -0.05) is 18.2 Å². The highest BCUT2D eigenvalue weighted by atomic mass is 32.2. The van der Waals surface area contributed by atoms with Crippen molar-refractivity contribution in [1.29, 1.82) is 0 Å². The van der Waals surface area contributed by atoms with Crippen LogP contribution in [0.4, 0.5) is 5.69 Å². The summed E-state index contributed by atoms with van der Waals surface area (Å²) in [6, 6.07) is 16.5. The maximum Gasteiger partial charge on any atom is 0.264 e. The van der Waals surface area contributed by atoms with Crippen LogP contribution >= 0.6 is 11.3 Å². The van der Waals surface area contributed by atoms with E-state index in [4.69, 9.17) is 4.74 Å². The number of thiophene rings is 1. The SMILES string of the molecule is COc1ccccc1N(C)S(=O)(=O)c1ccc(C(=O)N[C@@H](C)c2cccs2)cc1. The first-order chi connectivity index (χ1) is 13.8. The van der Waals surface area contributed by atoms with Crippen molar-refractivity contribution in [2.24, 2.45) is 0 Å². The lowest BCUT2D eigenvalue weighted by Crippen LogP contribution is -2.28. The zero-order valence-electron chi connectivity index (χ0n) is 16.3. The van der Waals surface area contributed by atoms with Crippen LogP contribution in [0.5, 0.6) is 5.75 Å². The van der Waals surface area contributed by atoms with Crippen molar-refractivity contribution >= 4 is 33.0 Å². The summed E-state index contributed by atoms with van der Waals surface area (Å²) in [5.41, 5.74) is 0.828. The average molecular weight is 431 g/mol. The normalized spacial score (nSPS) is 12.2. The highest BCUT2D eigenvalue weighted by Gasteiger charge is 2.24. The number of carbonyl (C=O) groups excluding carboxylic acids is 1. The van der Waals surface area contributed by atoms with E-state index in [1.165, 1.54) is 42.7 Å². The molecule has 0 unspecified atom stereocenters. The molecule has 1 aromatic heterocycles. The van der Waals surface area contributed by atoms with Gasteiger partial charge in [0.2, 0.25) is 0 Å². The highest BCUT2D eigenvalue weighted by molar-refractivity contribution is 7.92. The Labute approximate surface area is 174 Å². The standard InChI is InChI=1S/C21H22N2O4S2/c1-15(20-9-6-14-28-20)22-21(24)16-10-12-17(13-11-16)29(25,26)23(2)18-7-4-5-8-19(18)27-3/h4-15H,1-3H3,(H,22,24)/t15-/m0/s1. The number of nitrogens with zero attached hydrogens (tertiary/aromatic N) is 1. The van der Waals surface area contributed by atoms with Gasteiger partial charge in [-0.05, 0) is 54.8 Å². The topological polar surface area (TPSA) is 75.7 Å². The zero-order valence-corrected chi connectivity index (χ0v) is 18.0. The molecule has 0 aliphatic carbocycles. The molecular weight excluding hydrogens is 408 g/mol. The Balaban J connectivity index is 1.79. The Kier molecular flexibility index (Phi) is 6.24. The molecule has 0 aliphatic rings. The minimum absolute atomic E-state index is 0.0914. The second-order valence-corrected chi connectivity index (χ2v) is 9.33. The van der Waals surface area contributed by atoms with E-state index in [0.29, 0.717) is 17.0 Å². The van der Waals surface area contributed by atoms with Crippen molar-refractivity contribution in [3.8, 4) is 5.75 Å². The zero-order chi connectivity index (χ0) is 21.0. The second kappa shape index (κ2) is 8.67. The summed E-state index contributed by atoms with van der Waals surface area (Å²) < 4.78 is 32.4. The molecule has 0 saturated heterocycles. The van der Waals surface area contributed by atoms with Crippen LogP contribution < -0.4 is 14.4 Å². The molecule has 1 amide bonds. The number of rotatable bonds is 7. The van der Waals surface area contributed by atoms with E-state index in [0.717, 1.165) is 4.88 Å². The molecule has 6 nitrogen and oxygen atoms in total. The predicted octanol–water partition coefficient (Wildman–Crippen LogP) is 4.07. The number of amides is 1. The fourth-order valence-corrected chi connectivity index (χ4v) is 4.79. The number of carbonyl (C=O) groups is 1. The quantitative estimate of drug-likeness (QED) is 0.613. The molecule has 1 atom stereocenters. The van der Waals surface area contributed by atoms with Gasteiger partial charge in [-0.25, -0.2) is 8.42 Å². The molecule has 0 spiro atoms. The molecule has 152 valence electrons. The molecule has 1 N–H and O–H groups in total. The van der Waals surface area contributed by atoms with Crippen molar-refractivity contribution in [3.63, 3.8) is 0 Å². The third kappa shape index (κ3) is 4.44. The van der Waals surface area contributed by atoms with Gasteiger partial charge in [0, 0.05) is 17.5 Å². The minimum atomic E-state index is -3.80. The minimum Gasteiger partial charge on any atom is -0.495 e. The number of nitrogens with one attached hydrogen (secondary N) is 1. The van der Waals surface area contributed by atoms with Crippen LogP contribution in [-0.2, 0) is 10.0 Å². The lowest BCUT2D eigenvalue weighted by atomic mass is 10.2. The first-order valence-corrected chi connectivity index (χ1v) is 11.2. The average Bonchev–Trinajstić information content (AvgIpc) is 3.28. The van der Waals surface area contributed by atoms with Gasteiger partial charge in [-0.15, -0.1) is 11.3 Å². The summed E-state index contributed by atoms with van der Waals surface area (Å²) in [4.78, 5) is 13.6.